The molecule has 2 amide bonds. The summed E-state index contributed by atoms with van der Waals surface area (Å²) in [6.07, 6.45) is -2.89. The van der Waals surface area contributed by atoms with Crippen LogP contribution in [0.4, 0.5) is 18.0 Å². The molecular formula is C24H17Cl2F3N2O2S. The number of carbonyl (C=O) groups excluding carboxylic acids is 2. The van der Waals surface area contributed by atoms with Gasteiger partial charge in [0.25, 0.3) is 11.1 Å². The van der Waals surface area contributed by atoms with Crippen LogP contribution in [0, 0.1) is 13.8 Å². The third kappa shape index (κ3) is 4.62. The number of alkyl halides is 3. The van der Waals surface area contributed by atoms with E-state index in [2.05, 4.69) is 0 Å². The average molecular weight is 525 g/mol. The van der Waals surface area contributed by atoms with Crippen LogP contribution in [0.3, 0.4) is 0 Å². The molecule has 4 nitrogen and oxygen atoms in total. The van der Waals surface area contributed by atoms with Crippen molar-refractivity contribution < 1.29 is 22.8 Å². The van der Waals surface area contributed by atoms with Crippen LogP contribution in [0.5, 0.6) is 0 Å². The molecule has 4 rings (SSSR count). The number of hydrogen-bond donors (Lipinski definition) is 0. The van der Waals surface area contributed by atoms with Crippen molar-refractivity contribution in [3.05, 3.63) is 91.6 Å². The van der Waals surface area contributed by atoms with Gasteiger partial charge in [-0.25, -0.2) is 0 Å². The predicted molar refractivity (Wildman–Crippen MR) is 128 cm³/mol. The van der Waals surface area contributed by atoms with Crippen LogP contribution in [0.15, 0.2) is 53.4 Å². The highest BCUT2D eigenvalue weighted by Gasteiger charge is 2.36. The largest absolute Gasteiger partial charge is 0.416 e. The van der Waals surface area contributed by atoms with Crippen LogP contribution >= 0.6 is 35.0 Å². The van der Waals surface area contributed by atoms with Crippen molar-refractivity contribution in [2.24, 2.45) is 0 Å². The lowest BCUT2D eigenvalue weighted by Gasteiger charge is -2.14. The number of nitrogens with zero attached hydrogens (tertiary/aromatic N) is 2. The summed E-state index contributed by atoms with van der Waals surface area (Å²) in [6, 6.07) is 11.7. The normalized spacial score (nSPS) is 15.6. The third-order valence-corrected chi connectivity index (χ3v) is 7.06. The van der Waals surface area contributed by atoms with Gasteiger partial charge >= 0.3 is 6.18 Å². The Balaban J connectivity index is 1.66. The van der Waals surface area contributed by atoms with Crippen LogP contribution < -0.4 is 0 Å². The van der Waals surface area contributed by atoms with Crippen molar-refractivity contribution in [1.82, 2.24) is 9.47 Å². The molecule has 1 aliphatic rings. The van der Waals surface area contributed by atoms with E-state index in [0.29, 0.717) is 38.2 Å². The van der Waals surface area contributed by atoms with E-state index >= 15 is 0 Å². The number of rotatable bonds is 4. The molecule has 34 heavy (non-hydrogen) atoms. The first-order chi connectivity index (χ1) is 16.0. The minimum atomic E-state index is -4.46. The van der Waals surface area contributed by atoms with Gasteiger partial charge in [0, 0.05) is 32.7 Å². The fraction of sp³-hybridized carbons (Fsp3) is 0.167. The number of halogens is 5. The molecule has 10 heteroatoms. The maximum absolute atomic E-state index is 13.2. The zero-order valence-corrected chi connectivity index (χ0v) is 20.2. The third-order valence-electron chi connectivity index (χ3n) is 5.44. The van der Waals surface area contributed by atoms with Gasteiger partial charge in [0.2, 0.25) is 0 Å². The van der Waals surface area contributed by atoms with Crippen LogP contribution in [-0.2, 0) is 17.5 Å². The molecule has 2 aromatic carbocycles. The van der Waals surface area contributed by atoms with Gasteiger partial charge in [-0.3, -0.25) is 14.5 Å². The van der Waals surface area contributed by atoms with Gasteiger partial charge in [0.05, 0.1) is 17.0 Å². The molecule has 1 fully saturated rings. The second kappa shape index (κ2) is 9.17. The van der Waals surface area contributed by atoms with Gasteiger partial charge in [-0.05, 0) is 73.6 Å². The number of carbonyl (C=O) groups is 2. The molecule has 1 aliphatic heterocycles. The van der Waals surface area contributed by atoms with Crippen LogP contribution in [0.1, 0.15) is 28.1 Å². The predicted octanol–water partition coefficient (Wildman–Crippen LogP) is 7.66. The summed E-state index contributed by atoms with van der Waals surface area (Å²) in [5, 5.41) is 0.235. The quantitative estimate of drug-likeness (QED) is 0.329. The van der Waals surface area contributed by atoms with Crippen molar-refractivity contribution in [2.45, 2.75) is 26.6 Å². The van der Waals surface area contributed by atoms with Gasteiger partial charge < -0.3 is 4.57 Å². The number of aromatic nitrogens is 1. The first-order valence-corrected chi connectivity index (χ1v) is 11.6. The van der Waals surface area contributed by atoms with Gasteiger partial charge in [0.1, 0.15) is 0 Å². The van der Waals surface area contributed by atoms with E-state index in [1.807, 2.05) is 0 Å². The van der Waals surface area contributed by atoms with Crippen molar-refractivity contribution in [3.63, 3.8) is 0 Å². The summed E-state index contributed by atoms with van der Waals surface area (Å²) in [5.41, 5.74) is 2.01. The first-order valence-electron chi connectivity index (χ1n) is 10.0. The van der Waals surface area contributed by atoms with Gasteiger partial charge in [-0.2, -0.15) is 13.2 Å². The van der Waals surface area contributed by atoms with Crippen LogP contribution in [-0.4, -0.2) is 20.6 Å². The highest BCUT2D eigenvalue weighted by molar-refractivity contribution is 8.18. The van der Waals surface area contributed by atoms with Crippen LogP contribution in [0.2, 0.25) is 10.0 Å². The maximum Gasteiger partial charge on any atom is 0.416 e. The Morgan fingerprint density at radius 1 is 1.00 bits per heavy atom. The summed E-state index contributed by atoms with van der Waals surface area (Å²) >= 11 is 13.1. The standard InChI is InChI=1S/C24H17Cl2F3N2O2S/c1-13-9-15(14(2)31(13)17-6-3-5-16(11-17)24(27,28)29)10-21-22(32)30(23(33)34-21)12-18-19(25)7-4-8-20(18)26/h3-11H,12H2,1-2H3/b21-10-. The molecule has 1 aromatic heterocycles. The molecule has 0 bridgehead atoms. The van der Waals surface area contributed by atoms with Crippen LogP contribution in [0.25, 0.3) is 11.8 Å². The lowest BCUT2D eigenvalue weighted by molar-refractivity contribution is -0.137. The minimum absolute atomic E-state index is 0.0657. The first kappa shape index (κ1) is 24.4. The number of aryl methyl sites for hydroxylation is 1. The second-order valence-electron chi connectivity index (χ2n) is 7.68. The van der Waals surface area contributed by atoms with E-state index < -0.39 is 22.9 Å². The smallest absolute Gasteiger partial charge is 0.318 e. The molecule has 0 saturated carbocycles. The van der Waals surface area contributed by atoms with E-state index in [1.54, 1.807) is 54.8 Å². The lowest BCUT2D eigenvalue weighted by Crippen LogP contribution is -2.27. The molecular weight excluding hydrogens is 508 g/mol. The SMILES string of the molecule is Cc1cc(/C=C2\SC(=O)N(Cc3c(Cl)cccc3Cl)C2=O)c(C)n1-c1cccc(C(F)(F)F)c1. The monoisotopic (exact) mass is 524 g/mol. The molecule has 1 saturated heterocycles. The summed E-state index contributed by atoms with van der Waals surface area (Å²) in [7, 11) is 0. The summed E-state index contributed by atoms with van der Waals surface area (Å²) in [6.45, 7) is 3.44. The molecule has 0 unspecified atom stereocenters. The summed E-state index contributed by atoms with van der Waals surface area (Å²) < 4.78 is 41.2. The van der Waals surface area contributed by atoms with Crippen molar-refractivity contribution in [1.29, 1.82) is 0 Å². The highest BCUT2D eigenvalue weighted by atomic mass is 35.5. The van der Waals surface area contributed by atoms with E-state index in [4.69, 9.17) is 23.2 Å². The lowest BCUT2D eigenvalue weighted by atomic mass is 10.2. The summed E-state index contributed by atoms with van der Waals surface area (Å²) in [4.78, 5) is 26.8. The van der Waals surface area contributed by atoms with E-state index in [9.17, 15) is 22.8 Å². The number of imide groups is 1. The Labute approximate surface area is 207 Å². The number of thioether (sulfide) groups is 1. The Morgan fingerprint density at radius 3 is 2.29 bits per heavy atom. The highest BCUT2D eigenvalue weighted by Crippen LogP contribution is 2.37. The number of hydrogen-bond acceptors (Lipinski definition) is 3. The zero-order chi connectivity index (χ0) is 24.8. The fourth-order valence-electron chi connectivity index (χ4n) is 3.77. The maximum atomic E-state index is 13.2. The number of benzene rings is 2. The molecule has 3 aromatic rings. The summed E-state index contributed by atoms with van der Waals surface area (Å²) in [5.74, 6) is -0.491. The Hall–Kier alpha value is -2.68. The Morgan fingerprint density at radius 2 is 1.65 bits per heavy atom. The molecule has 2 heterocycles. The molecule has 176 valence electrons. The van der Waals surface area contributed by atoms with Gasteiger partial charge in [-0.15, -0.1) is 0 Å². The second-order valence-corrected chi connectivity index (χ2v) is 9.49. The van der Waals surface area contributed by atoms with Crippen molar-refractivity contribution >= 4 is 52.2 Å². The van der Waals surface area contributed by atoms with E-state index in [0.717, 1.165) is 28.8 Å². The van der Waals surface area contributed by atoms with Gasteiger partial charge in [-0.1, -0.05) is 35.3 Å². The molecule has 0 atom stereocenters. The van der Waals surface area contributed by atoms with E-state index in [-0.39, 0.29) is 11.4 Å². The minimum Gasteiger partial charge on any atom is -0.318 e. The molecule has 0 N–H and O–H groups in total. The fourth-order valence-corrected chi connectivity index (χ4v) is 5.12. The molecule has 0 radical (unpaired) electrons. The topological polar surface area (TPSA) is 42.3 Å². The molecule has 0 spiro atoms. The van der Waals surface area contributed by atoms with Crippen molar-refractivity contribution in [3.8, 4) is 5.69 Å². The van der Waals surface area contributed by atoms with Gasteiger partial charge in [0.15, 0.2) is 0 Å². The Bertz CT molecular complexity index is 1330. The Kier molecular flexibility index (Phi) is 6.59. The van der Waals surface area contributed by atoms with Crippen molar-refractivity contribution in [2.75, 3.05) is 0 Å². The average Bonchev–Trinajstić information content (AvgIpc) is 3.19. The zero-order valence-electron chi connectivity index (χ0n) is 17.9. The van der Waals surface area contributed by atoms with E-state index in [1.165, 1.54) is 6.07 Å². The number of amides is 2. The molecule has 0 aliphatic carbocycles.